The highest BCUT2D eigenvalue weighted by Crippen LogP contribution is 2.47. The SMILES string of the molecule is Cc1nc2ccccc2c2c1O[C@]1(C=C2)C[C@H]2C(=O)N[C@]3(C(=O)O)C[C@H]3/C=C\CCCCC[C@H](C)C(=O)N2C1. The van der Waals surface area contributed by atoms with Gasteiger partial charge in [0, 0.05) is 29.2 Å². The maximum absolute atomic E-state index is 13.8. The van der Waals surface area contributed by atoms with Crippen LogP contribution in [0.1, 0.15) is 63.1 Å². The molecule has 0 radical (unpaired) electrons. The number of amides is 2. The van der Waals surface area contributed by atoms with Gasteiger partial charge in [0.2, 0.25) is 11.8 Å². The number of benzene rings is 1. The molecule has 1 aromatic heterocycles. The van der Waals surface area contributed by atoms with Crippen molar-refractivity contribution in [2.75, 3.05) is 6.54 Å². The first-order chi connectivity index (χ1) is 18.7. The molecule has 4 aliphatic rings. The molecule has 8 nitrogen and oxygen atoms in total. The van der Waals surface area contributed by atoms with Gasteiger partial charge >= 0.3 is 5.97 Å². The third-order valence-corrected chi connectivity index (χ3v) is 8.89. The molecule has 8 heteroatoms. The number of fused-ring (bicyclic) bond motifs is 5. The molecule has 0 unspecified atom stereocenters. The molecule has 3 aliphatic heterocycles. The number of aliphatic carboxylic acids is 1. The molecule has 1 saturated carbocycles. The number of hydrogen-bond acceptors (Lipinski definition) is 5. The minimum Gasteiger partial charge on any atom is -0.479 e. The second-order valence-electron chi connectivity index (χ2n) is 11.7. The average Bonchev–Trinajstić information content (AvgIpc) is 3.50. The fraction of sp³-hybridized carbons (Fsp3) is 0.484. The van der Waals surface area contributed by atoms with Gasteiger partial charge in [-0.3, -0.25) is 9.59 Å². The van der Waals surface area contributed by atoms with Crippen LogP contribution in [0.2, 0.25) is 0 Å². The Morgan fingerprint density at radius 1 is 1.18 bits per heavy atom. The Balaban J connectivity index is 1.35. The van der Waals surface area contributed by atoms with Crippen molar-refractivity contribution in [2.24, 2.45) is 11.8 Å². The number of carbonyl (C=O) groups excluding carboxylic acids is 2. The van der Waals surface area contributed by atoms with Gasteiger partial charge in [-0.05, 0) is 44.7 Å². The first-order valence-corrected chi connectivity index (χ1v) is 14.0. The van der Waals surface area contributed by atoms with E-state index in [0.29, 0.717) is 12.2 Å². The van der Waals surface area contributed by atoms with Gasteiger partial charge in [0.15, 0.2) is 0 Å². The van der Waals surface area contributed by atoms with Crippen LogP contribution >= 0.6 is 0 Å². The average molecular weight is 530 g/mol. The van der Waals surface area contributed by atoms with Crippen molar-refractivity contribution in [3.8, 4) is 5.75 Å². The van der Waals surface area contributed by atoms with E-state index in [0.717, 1.165) is 54.3 Å². The Bertz CT molecular complexity index is 1420. The van der Waals surface area contributed by atoms with Crippen LogP contribution in [0, 0.1) is 18.8 Å². The second kappa shape index (κ2) is 9.50. The number of rotatable bonds is 1. The van der Waals surface area contributed by atoms with E-state index in [4.69, 9.17) is 9.72 Å². The maximum Gasteiger partial charge on any atom is 0.330 e. The number of carbonyl (C=O) groups is 3. The molecule has 0 bridgehead atoms. The highest BCUT2D eigenvalue weighted by Gasteiger charge is 2.62. The molecular formula is C31H35N3O5. The van der Waals surface area contributed by atoms with Gasteiger partial charge in [-0.1, -0.05) is 56.2 Å². The molecule has 2 fully saturated rings. The smallest absolute Gasteiger partial charge is 0.330 e. The molecule has 2 amide bonds. The van der Waals surface area contributed by atoms with Gasteiger partial charge in [0.25, 0.3) is 0 Å². The summed E-state index contributed by atoms with van der Waals surface area (Å²) in [6.07, 6.45) is 13.1. The van der Waals surface area contributed by atoms with Gasteiger partial charge < -0.3 is 20.1 Å². The molecule has 2 aromatic rings. The number of aryl methyl sites for hydroxylation is 1. The largest absolute Gasteiger partial charge is 0.479 e. The molecule has 1 aromatic carbocycles. The Kier molecular flexibility index (Phi) is 6.24. The number of allylic oxidation sites excluding steroid dienone is 1. The molecule has 39 heavy (non-hydrogen) atoms. The minimum absolute atomic E-state index is 0.0899. The van der Waals surface area contributed by atoms with Crippen molar-refractivity contribution < 1.29 is 24.2 Å². The van der Waals surface area contributed by atoms with Crippen molar-refractivity contribution in [1.82, 2.24) is 15.2 Å². The number of para-hydroxylation sites is 1. The summed E-state index contributed by atoms with van der Waals surface area (Å²) >= 11 is 0. The summed E-state index contributed by atoms with van der Waals surface area (Å²) < 4.78 is 6.65. The number of carboxylic acid groups (broad SMARTS) is 1. The molecule has 1 saturated heterocycles. The van der Waals surface area contributed by atoms with E-state index in [-0.39, 0.29) is 30.7 Å². The zero-order chi connectivity index (χ0) is 27.4. The van der Waals surface area contributed by atoms with Gasteiger partial charge in [-0.2, -0.15) is 0 Å². The molecule has 6 rings (SSSR count). The number of aromatic nitrogens is 1. The quantitative estimate of drug-likeness (QED) is 0.530. The van der Waals surface area contributed by atoms with Crippen LogP contribution in [0.5, 0.6) is 5.75 Å². The number of nitrogens with zero attached hydrogens (tertiary/aromatic N) is 2. The number of nitrogens with one attached hydrogen (secondary N) is 1. The van der Waals surface area contributed by atoms with E-state index in [1.54, 1.807) is 4.90 Å². The molecular weight excluding hydrogens is 494 g/mol. The summed E-state index contributed by atoms with van der Waals surface area (Å²) in [5.74, 6) is -1.39. The third-order valence-electron chi connectivity index (χ3n) is 8.89. The van der Waals surface area contributed by atoms with Gasteiger partial charge in [-0.25, -0.2) is 9.78 Å². The zero-order valence-corrected chi connectivity index (χ0v) is 22.5. The molecule has 5 atom stereocenters. The first kappa shape index (κ1) is 25.6. The lowest BCUT2D eigenvalue weighted by Crippen LogP contribution is -2.53. The van der Waals surface area contributed by atoms with Crippen molar-refractivity contribution in [3.05, 3.63) is 53.8 Å². The summed E-state index contributed by atoms with van der Waals surface area (Å²) in [7, 11) is 0. The lowest BCUT2D eigenvalue weighted by atomic mass is 9.93. The minimum atomic E-state index is -1.32. The fourth-order valence-electron chi connectivity index (χ4n) is 6.50. The third kappa shape index (κ3) is 4.39. The van der Waals surface area contributed by atoms with Crippen LogP contribution < -0.4 is 10.1 Å². The lowest BCUT2D eigenvalue weighted by molar-refractivity contribution is -0.146. The van der Waals surface area contributed by atoms with Crippen LogP contribution in [0.3, 0.4) is 0 Å². The monoisotopic (exact) mass is 529 g/mol. The van der Waals surface area contributed by atoms with E-state index in [1.807, 2.05) is 62.4 Å². The fourth-order valence-corrected chi connectivity index (χ4v) is 6.50. The summed E-state index contributed by atoms with van der Waals surface area (Å²) in [4.78, 5) is 46.1. The number of ether oxygens (including phenoxy) is 1. The molecule has 204 valence electrons. The van der Waals surface area contributed by atoms with E-state index in [9.17, 15) is 19.5 Å². The number of carboxylic acids is 1. The molecule has 1 spiro atoms. The topological polar surface area (TPSA) is 109 Å². The summed E-state index contributed by atoms with van der Waals surface area (Å²) in [6, 6.07) is 7.07. The van der Waals surface area contributed by atoms with Crippen LogP contribution in [-0.4, -0.2) is 56.5 Å². The second-order valence-corrected chi connectivity index (χ2v) is 11.7. The van der Waals surface area contributed by atoms with E-state index < -0.39 is 29.1 Å². The van der Waals surface area contributed by atoms with E-state index in [1.165, 1.54) is 0 Å². The summed E-state index contributed by atoms with van der Waals surface area (Å²) in [5, 5.41) is 13.9. The lowest BCUT2D eigenvalue weighted by Gasteiger charge is -2.32. The van der Waals surface area contributed by atoms with Crippen LogP contribution in [0.25, 0.3) is 17.0 Å². The highest BCUT2D eigenvalue weighted by atomic mass is 16.5. The van der Waals surface area contributed by atoms with Crippen molar-refractivity contribution in [1.29, 1.82) is 0 Å². The van der Waals surface area contributed by atoms with Crippen molar-refractivity contribution in [2.45, 2.75) is 76.0 Å². The van der Waals surface area contributed by atoms with E-state index in [2.05, 4.69) is 5.32 Å². The number of pyridine rings is 1. The predicted molar refractivity (Wildman–Crippen MR) is 147 cm³/mol. The summed E-state index contributed by atoms with van der Waals surface area (Å²) in [5.41, 5.74) is 0.351. The summed E-state index contributed by atoms with van der Waals surface area (Å²) in [6.45, 7) is 4.05. The van der Waals surface area contributed by atoms with E-state index >= 15 is 0 Å². The van der Waals surface area contributed by atoms with Gasteiger partial charge in [-0.15, -0.1) is 0 Å². The van der Waals surface area contributed by atoms with Crippen molar-refractivity contribution in [3.63, 3.8) is 0 Å². The Morgan fingerprint density at radius 3 is 2.82 bits per heavy atom. The molecule has 2 N–H and O–H groups in total. The standard InChI is InChI=1S/C31H35N3O5/c1-19-10-6-4-3-5-7-11-21-16-31(21,29(37)38)33-27(35)25-17-30(18-34(25)28(19)36)15-14-23-22-12-8-9-13-24(22)32-20(2)26(23)39-30/h7-9,11-15,19,21,25H,3-6,10,16-18H2,1-2H3,(H,33,35)(H,37,38)/b11-7-/t19-,21+,25-,30+,31+/m0/s1. The van der Waals surface area contributed by atoms with Crippen LogP contribution in [-0.2, 0) is 14.4 Å². The highest BCUT2D eigenvalue weighted by molar-refractivity contribution is 5.96. The maximum atomic E-state index is 13.8. The number of hydrogen-bond donors (Lipinski definition) is 2. The predicted octanol–water partition coefficient (Wildman–Crippen LogP) is 4.40. The first-order valence-electron chi connectivity index (χ1n) is 14.0. The Labute approximate surface area is 228 Å². The van der Waals surface area contributed by atoms with Crippen molar-refractivity contribution >= 4 is 34.8 Å². The zero-order valence-electron chi connectivity index (χ0n) is 22.5. The van der Waals surface area contributed by atoms with Crippen LogP contribution in [0.4, 0.5) is 0 Å². The Morgan fingerprint density at radius 2 is 2.00 bits per heavy atom. The molecule has 1 aliphatic carbocycles. The van der Waals surface area contributed by atoms with Gasteiger partial charge in [0.05, 0.1) is 17.8 Å². The van der Waals surface area contributed by atoms with Gasteiger partial charge in [0.1, 0.15) is 22.9 Å². The Hall–Kier alpha value is -3.68. The normalized spacial score (nSPS) is 33.3. The molecule has 4 heterocycles. The van der Waals surface area contributed by atoms with Crippen LogP contribution in [0.15, 0.2) is 42.5 Å².